The highest BCUT2D eigenvalue weighted by Gasteiger charge is 2.48. The van der Waals surface area contributed by atoms with E-state index in [0.717, 1.165) is 21.9 Å². The lowest BCUT2D eigenvalue weighted by Gasteiger charge is -2.35. The largest absolute Gasteiger partial charge is 0.456 e. The van der Waals surface area contributed by atoms with Gasteiger partial charge in [0, 0.05) is 10.8 Å². The molecule has 9 aromatic carbocycles. The zero-order valence-electron chi connectivity index (χ0n) is 28.4. The van der Waals surface area contributed by atoms with Crippen LogP contribution in [-0.4, -0.2) is 0 Å². The average molecular weight is 661 g/mol. The number of hydrogen-bond acceptors (Lipinski definition) is 1. The first kappa shape index (κ1) is 29.1. The molecule has 10 aromatic rings. The van der Waals surface area contributed by atoms with Crippen LogP contribution in [0.15, 0.2) is 199 Å². The van der Waals surface area contributed by atoms with Crippen molar-refractivity contribution in [2.45, 2.75) is 5.41 Å². The Morgan fingerprint density at radius 3 is 1.73 bits per heavy atom. The van der Waals surface area contributed by atoms with Gasteiger partial charge in [-0.1, -0.05) is 164 Å². The predicted molar refractivity (Wildman–Crippen MR) is 217 cm³/mol. The lowest BCUT2D eigenvalue weighted by atomic mass is 9.66. The fourth-order valence-corrected chi connectivity index (χ4v) is 9.14. The van der Waals surface area contributed by atoms with Gasteiger partial charge in [-0.25, -0.2) is 0 Å². The zero-order chi connectivity index (χ0) is 34.2. The second-order valence-corrected chi connectivity index (χ2v) is 14.0. The highest BCUT2D eigenvalue weighted by molar-refractivity contribution is 6.16. The van der Waals surface area contributed by atoms with E-state index in [4.69, 9.17) is 4.42 Å². The fraction of sp³-hybridized carbons (Fsp3) is 0.0196. The Morgan fingerprint density at radius 2 is 1.00 bits per heavy atom. The molecule has 0 saturated heterocycles. The van der Waals surface area contributed by atoms with Crippen LogP contribution in [0, 0.1) is 0 Å². The van der Waals surface area contributed by atoms with Crippen LogP contribution < -0.4 is 0 Å². The number of furan rings is 1. The van der Waals surface area contributed by atoms with E-state index >= 15 is 0 Å². The Balaban J connectivity index is 1.33. The van der Waals surface area contributed by atoms with Crippen molar-refractivity contribution in [3.05, 3.63) is 216 Å². The van der Waals surface area contributed by atoms with Crippen LogP contribution in [0.1, 0.15) is 22.3 Å². The molecule has 0 atom stereocenters. The van der Waals surface area contributed by atoms with E-state index in [1.54, 1.807) is 0 Å². The first-order chi connectivity index (χ1) is 25.8. The smallest absolute Gasteiger partial charge is 0.136 e. The lowest BCUT2D eigenvalue weighted by Crippen LogP contribution is -2.29. The van der Waals surface area contributed by atoms with Gasteiger partial charge in [0.25, 0.3) is 0 Å². The molecule has 242 valence electrons. The van der Waals surface area contributed by atoms with Crippen molar-refractivity contribution in [2.75, 3.05) is 0 Å². The maximum absolute atomic E-state index is 6.61. The van der Waals surface area contributed by atoms with E-state index < -0.39 is 5.41 Å². The molecule has 0 unspecified atom stereocenters. The summed E-state index contributed by atoms with van der Waals surface area (Å²) in [4.78, 5) is 0. The maximum atomic E-state index is 6.61. The molecule has 0 radical (unpaired) electrons. The molecule has 0 amide bonds. The third-order valence-electron chi connectivity index (χ3n) is 11.3. The van der Waals surface area contributed by atoms with Gasteiger partial charge in [0.05, 0.1) is 5.41 Å². The topological polar surface area (TPSA) is 13.1 Å². The van der Waals surface area contributed by atoms with E-state index in [9.17, 15) is 0 Å². The van der Waals surface area contributed by atoms with E-state index in [1.165, 1.54) is 77.2 Å². The van der Waals surface area contributed by atoms with Crippen molar-refractivity contribution in [2.24, 2.45) is 0 Å². The summed E-state index contributed by atoms with van der Waals surface area (Å²) in [6.45, 7) is 0. The van der Waals surface area contributed by atoms with Gasteiger partial charge in [-0.3, -0.25) is 0 Å². The van der Waals surface area contributed by atoms with Crippen molar-refractivity contribution in [1.29, 1.82) is 0 Å². The predicted octanol–water partition coefficient (Wildman–Crippen LogP) is 13.6. The van der Waals surface area contributed by atoms with Crippen LogP contribution in [0.25, 0.3) is 76.9 Å². The number of fused-ring (bicyclic) bond motifs is 9. The van der Waals surface area contributed by atoms with Gasteiger partial charge in [-0.2, -0.15) is 0 Å². The number of hydrogen-bond donors (Lipinski definition) is 0. The Hall–Kier alpha value is -6.70. The van der Waals surface area contributed by atoms with Gasteiger partial charge in [0.2, 0.25) is 0 Å². The summed E-state index contributed by atoms with van der Waals surface area (Å²) in [7, 11) is 0. The Kier molecular flexibility index (Phi) is 6.23. The molecule has 0 spiro atoms. The summed E-state index contributed by atoms with van der Waals surface area (Å²) < 4.78 is 6.61. The molecule has 1 heterocycles. The Morgan fingerprint density at radius 1 is 0.365 bits per heavy atom. The van der Waals surface area contributed by atoms with Crippen molar-refractivity contribution in [1.82, 2.24) is 0 Å². The molecule has 1 heteroatoms. The van der Waals surface area contributed by atoms with Crippen LogP contribution in [0.5, 0.6) is 0 Å². The molecule has 1 aliphatic rings. The van der Waals surface area contributed by atoms with Crippen molar-refractivity contribution in [3.63, 3.8) is 0 Å². The third-order valence-corrected chi connectivity index (χ3v) is 11.3. The van der Waals surface area contributed by atoms with Crippen molar-refractivity contribution < 1.29 is 4.42 Å². The van der Waals surface area contributed by atoms with E-state index in [2.05, 4.69) is 194 Å². The van der Waals surface area contributed by atoms with Crippen LogP contribution in [0.2, 0.25) is 0 Å². The van der Waals surface area contributed by atoms with Gasteiger partial charge >= 0.3 is 0 Å². The summed E-state index contributed by atoms with van der Waals surface area (Å²) in [6.07, 6.45) is 0. The first-order valence-corrected chi connectivity index (χ1v) is 18.0. The quantitative estimate of drug-likeness (QED) is 0.183. The van der Waals surface area contributed by atoms with Gasteiger partial charge in [-0.15, -0.1) is 0 Å². The molecule has 0 fully saturated rings. The second kappa shape index (κ2) is 11.2. The monoisotopic (exact) mass is 660 g/mol. The van der Waals surface area contributed by atoms with Crippen LogP contribution in [0.3, 0.4) is 0 Å². The summed E-state index contributed by atoms with van der Waals surface area (Å²) in [5.74, 6) is 0. The molecule has 0 aliphatic heterocycles. The summed E-state index contributed by atoms with van der Waals surface area (Å²) in [5, 5.41) is 7.19. The minimum absolute atomic E-state index is 0.573. The molecule has 0 saturated carbocycles. The van der Waals surface area contributed by atoms with Crippen LogP contribution >= 0.6 is 0 Å². The van der Waals surface area contributed by atoms with E-state index in [-0.39, 0.29) is 0 Å². The average Bonchev–Trinajstić information content (AvgIpc) is 3.74. The molecular weight excluding hydrogens is 629 g/mol. The summed E-state index contributed by atoms with van der Waals surface area (Å²) >= 11 is 0. The Bertz CT molecular complexity index is 2950. The van der Waals surface area contributed by atoms with Crippen LogP contribution in [0.4, 0.5) is 0 Å². The molecule has 52 heavy (non-hydrogen) atoms. The minimum atomic E-state index is -0.573. The molecule has 1 nitrogen and oxygen atoms in total. The molecular formula is C51H32O. The molecule has 1 aromatic heterocycles. The molecule has 0 bridgehead atoms. The lowest BCUT2D eigenvalue weighted by molar-refractivity contribution is 0.669. The highest BCUT2D eigenvalue weighted by Crippen LogP contribution is 2.61. The number of benzene rings is 9. The van der Waals surface area contributed by atoms with Gasteiger partial charge in [-0.05, 0) is 108 Å². The number of rotatable bonds is 4. The highest BCUT2D eigenvalue weighted by atomic mass is 16.3. The SMILES string of the molecule is c1ccc(-c2cc(-c3cccc4oc5cc6ccccc6cc5c34)cc3c2-c2ccc4ccccc4c2C3(c2ccccc2)c2ccccc2)cc1. The molecule has 0 N–H and O–H groups in total. The van der Waals surface area contributed by atoms with Crippen LogP contribution in [-0.2, 0) is 5.41 Å². The summed E-state index contributed by atoms with van der Waals surface area (Å²) in [6, 6.07) is 71.2. The summed E-state index contributed by atoms with van der Waals surface area (Å²) in [5.41, 5.74) is 13.7. The third kappa shape index (κ3) is 4.05. The second-order valence-electron chi connectivity index (χ2n) is 14.0. The van der Waals surface area contributed by atoms with E-state index in [0.29, 0.717) is 0 Å². The first-order valence-electron chi connectivity index (χ1n) is 18.0. The Labute approximate surface area is 302 Å². The molecule has 11 rings (SSSR count). The van der Waals surface area contributed by atoms with Crippen molar-refractivity contribution in [3.8, 4) is 33.4 Å². The molecule has 1 aliphatic carbocycles. The minimum Gasteiger partial charge on any atom is -0.456 e. The van der Waals surface area contributed by atoms with Crippen molar-refractivity contribution >= 4 is 43.5 Å². The standard InChI is InChI=1S/C51H32O/c1-4-15-33(16-5-1)43-30-37(40-25-14-26-46-49(40)44-29-35-18-10-11-19-36(35)32-47(44)52-46)31-45-48(43)42-28-27-34-17-12-13-24-41(34)50(42)51(45,38-20-6-2-7-21-38)39-22-8-3-9-23-39/h1-32H. The zero-order valence-corrected chi connectivity index (χ0v) is 28.4. The maximum Gasteiger partial charge on any atom is 0.136 e. The fourth-order valence-electron chi connectivity index (χ4n) is 9.14. The normalized spacial score (nSPS) is 13.2. The van der Waals surface area contributed by atoms with E-state index in [1.807, 2.05) is 0 Å². The van der Waals surface area contributed by atoms with Gasteiger partial charge < -0.3 is 4.42 Å². The van der Waals surface area contributed by atoms with Gasteiger partial charge in [0.15, 0.2) is 0 Å². The van der Waals surface area contributed by atoms with Gasteiger partial charge in [0.1, 0.15) is 11.2 Å².